The normalized spacial score (nSPS) is 19.5. The van der Waals surface area contributed by atoms with Crippen LogP contribution in [0.3, 0.4) is 0 Å². The van der Waals surface area contributed by atoms with Crippen molar-refractivity contribution in [3.05, 3.63) is 24.3 Å². The van der Waals surface area contributed by atoms with Gasteiger partial charge < -0.3 is 14.4 Å². The molecule has 25 heavy (non-hydrogen) atoms. The smallest absolute Gasteiger partial charge is 0.410 e. The Morgan fingerprint density at radius 2 is 2.20 bits per heavy atom. The van der Waals surface area contributed by atoms with Gasteiger partial charge in [0.1, 0.15) is 5.60 Å². The molecule has 1 aliphatic rings. The molecule has 0 radical (unpaired) electrons. The Morgan fingerprint density at radius 3 is 2.88 bits per heavy atom. The number of ether oxygens (including phenoxy) is 2. The monoisotopic (exact) mass is 349 g/mol. The molecule has 2 rings (SSSR count). The lowest BCUT2D eigenvalue weighted by atomic mass is 9.94. The molecule has 0 bridgehead atoms. The Bertz CT molecular complexity index is 530. The lowest BCUT2D eigenvalue weighted by molar-refractivity contribution is 0.0148. The van der Waals surface area contributed by atoms with Gasteiger partial charge in [-0.3, -0.25) is 9.97 Å². The van der Waals surface area contributed by atoms with E-state index in [1.54, 1.807) is 18.6 Å². The standard InChI is InChI=1S/C19H31N3O3/c1-15(17-13-20-9-10-21-17)24-12-6-8-16-7-5-11-22(14-16)18(23)25-19(2,3)4/h9-10,13,15-16H,5-8,11-12,14H2,1-4H3/t15-,16-/m0/s1. The SMILES string of the molecule is C[C@H](OCCC[C@@H]1CCCN(C(=O)OC(C)(C)C)C1)c1cnccn1. The molecule has 2 heterocycles. The fourth-order valence-electron chi connectivity index (χ4n) is 3.03. The van der Waals surface area contributed by atoms with Crippen molar-refractivity contribution in [2.75, 3.05) is 19.7 Å². The fourth-order valence-corrected chi connectivity index (χ4v) is 3.03. The first kappa shape index (κ1) is 19.6. The number of hydrogen-bond acceptors (Lipinski definition) is 5. The van der Waals surface area contributed by atoms with Crippen molar-refractivity contribution in [2.45, 2.75) is 65.1 Å². The lowest BCUT2D eigenvalue weighted by Crippen LogP contribution is -2.42. The number of piperidine rings is 1. The van der Waals surface area contributed by atoms with Gasteiger partial charge in [-0.2, -0.15) is 0 Å². The quantitative estimate of drug-likeness (QED) is 0.727. The van der Waals surface area contributed by atoms with Crippen LogP contribution in [0.2, 0.25) is 0 Å². The third kappa shape index (κ3) is 6.98. The Hall–Kier alpha value is -1.69. The van der Waals surface area contributed by atoms with E-state index in [0.717, 1.165) is 38.0 Å². The summed E-state index contributed by atoms with van der Waals surface area (Å²) in [5.41, 5.74) is 0.421. The molecule has 0 aromatic carbocycles. The van der Waals surface area contributed by atoms with Crippen molar-refractivity contribution in [1.29, 1.82) is 0 Å². The summed E-state index contributed by atoms with van der Waals surface area (Å²) in [7, 11) is 0. The van der Waals surface area contributed by atoms with E-state index in [1.165, 1.54) is 6.42 Å². The average molecular weight is 349 g/mol. The molecule has 1 aromatic rings. The van der Waals surface area contributed by atoms with Crippen molar-refractivity contribution in [2.24, 2.45) is 5.92 Å². The van der Waals surface area contributed by atoms with Gasteiger partial charge in [-0.15, -0.1) is 0 Å². The van der Waals surface area contributed by atoms with Gasteiger partial charge in [0.25, 0.3) is 0 Å². The molecule has 1 saturated heterocycles. The maximum Gasteiger partial charge on any atom is 0.410 e. The van der Waals surface area contributed by atoms with E-state index in [4.69, 9.17) is 9.47 Å². The summed E-state index contributed by atoms with van der Waals surface area (Å²) < 4.78 is 11.3. The van der Waals surface area contributed by atoms with Crippen LogP contribution in [-0.4, -0.2) is 46.3 Å². The molecule has 0 N–H and O–H groups in total. The first-order valence-corrected chi connectivity index (χ1v) is 9.20. The molecule has 1 aromatic heterocycles. The molecule has 1 aliphatic heterocycles. The largest absolute Gasteiger partial charge is 0.444 e. The highest BCUT2D eigenvalue weighted by molar-refractivity contribution is 5.68. The van der Waals surface area contributed by atoms with Gasteiger partial charge in [0.05, 0.1) is 18.0 Å². The van der Waals surface area contributed by atoms with Crippen molar-refractivity contribution >= 4 is 6.09 Å². The molecule has 0 unspecified atom stereocenters. The van der Waals surface area contributed by atoms with E-state index in [9.17, 15) is 4.79 Å². The first-order valence-electron chi connectivity index (χ1n) is 9.20. The van der Waals surface area contributed by atoms with Crippen LogP contribution in [0.25, 0.3) is 0 Å². The van der Waals surface area contributed by atoms with Crippen LogP contribution in [0.5, 0.6) is 0 Å². The third-order valence-corrected chi connectivity index (χ3v) is 4.29. The van der Waals surface area contributed by atoms with Gasteiger partial charge in [0.15, 0.2) is 0 Å². The van der Waals surface area contributed by atoms with Gasteiger partial charge in [-0.05, 0) is 59.3 Å². The zero-order valence-electron chi connectivity index (χ0n) is 15.9. The number of carbonyl (C=O) groups is 1. The lowest BCUT2D eigenvalue weighted by Gasteiger charge is -2.34. The number of hydrogen-bond donors (Lipinski definition) is 0. The number of carbonyl (C=O) groups excluding carboxylic acids is 1. The zero-order valence-corrected chi connectivity index (χ0v) is 15.9. The molecular weight excluding hydrogens is 318 g/mol. The second-order valence-corrected chi connectivity index (χ2v) is 7.72. The van der Waals surface area contributed by atoms with Crippen LogP contribution < -0.4 is 0 Å². The van der Waals surface area contributed by atoms with Crippen molar-refractivity contribution < 1.29 is 14.3 Å². The number of likely N-dealkylation sites (tertiary alicyclic amines) is 1. The minimum Gasteiger partial charge on any atom is -0.444 e. The van der Waals surface area contributed by atoms with Crippen LogP contribution in [0.15, 0.2) is 18.6 Å². The molecule has 140 valence electrons. The summed E-state index contributed by atoms with van der Waals surface area (Å²) >= 11 is 0. The van der Waals surface area contributed by atoms with Gasteiger partial charge in [-0.1, -0.05) is 0 Å². The van der Waals surface area contributed by atoms with E-state index in [0.29, 0.717) is 12.5 Å². The second kappa shape index (κ2) is 9.13. The van der Waals surface area contributed by atoms with Crippen LogP contribution in [0.1, 0.15) is 65.2 Å². The maximum absolute atomic E-state index is 12.2. The zero-order chi connectivity index (χ0) is 18.3. The van der Waals surface area contributed by atoms with E-state index in [2.05, 4.69) is 9.97 Å². The Kier molecular flexibility index (Phi) is 7.17. The highest BCUT2D eigenvalue weighted by Crippen LogP contribution is 2.23. The minimum atomic E-state index is -0.436. The Labute approximate surface area is 150 Å². The molecule has 2 atom stereocenters. The average Bonchev–Trinajstić information content (AvgIpc) is 2.58. The third-order valence-electron chi connectivity index (χ3n) is 4.29. The van der Waals surface area contributed by atoms with Gasteiger partial charge in [0, 0.05) is 32.1 Å². The number of rotatable bonds is 6. The van der Waals surface area contributed by atoms with Crippen LogP contribution in [-0.2, 0) is 9.47 Å². The summed E-state index contributed by atoms with van der Waals surface area (Å²) in [6.07, 6.45) is 9.11. The summed E-state index contributed by atoms with van der Waals surface area (Å²) in [4.78, 5) is 22.4. The molecule has 1 amide bonds. The van der Waals surface area contributed by atoms with Crippen molar-refractivity contribution in [3.8, 4) is 0 Å². The number of nitrogens with zero attached hydrogens (tertiary/aromatic N) is 3. The summed E-state index contributed by atoms with van der Waals surface area (Å²) in [6.45, 7) is 9.99. The van der Waals surface area contributed by atoms with Crippen LogP contribution >= 0.6 is 0 Å². The minimum absolute atomic E-state index is 0.0432. The van der Waals surface area contributed by atoms with E-state index < -0.39 is 5.60 Å². The molecule has 0 spiro atoms. The Morgan fingerprint density at radius 1 is 1.40 bits per heavy atom. The predicted octanol–water partition coefficient (Wildman–Crippen LogP) is 3.98. The van der Waals surface area contributed by atoms with Gasteiger partial charge in [0.2, 0.25) is 0 Å². The summed E-state index contributed by atoms with van der Waals surface area (Å²) in [6, 6.07) is 0. The topological polar surface area (TPSA) is 64.5 Å². The number of amides is 1. The molecule has 6 nitrogen and oxygen atoms in total. The van der Waals surface area contributed by atoms with E-state index in [1.807, 2.05) is 32.6 Å². The predicted molar refractivity (Wildman–Crippen MR) is 96.2 cm³/mol. The Balaban J connectivity index is 1.68. The number of aromatic nitrogens is 2. The van der Waals surface area contributed by atoms with Gasteiger partial charge >= 0.3 is 6.09 Å². The molecular formula is C19H31N3O3. The maximum atomic E-state index is 12.2. The molecule has 0 saturated carbocycles. The molecule has 1 fully saturated rings. The summed E-state index contributed by atoms with van der Waals surface area (Å²) in [5.74, 6) is 0.525. The second-order valence-electron chi connectivity index (χ2n) is 7.72. The summed E-state index contributed by atoms with van der Waals surface area (Å²) in [5, 5.41) is 0. The van der Waals surface area contributed by atoms with Crippen molar-refractivity contribution in [1.82, 2.24) is 14.9 Å². The highest BCUT2D eigenvalue weighted by Gasteiger charge is 2.27. The molecule has 0 aliphatic carbocycles. The molecule has 6 heteroatoms. The van der Waals surface area contributed by atoms with E-state index in [-0.39, 0.29) is 12.2 Å². The van der Waals surface area contributed by atoms with Crippen LogP contribution in [0, 0.1) is 5.92 Å². The van der Waals surface area contributed by atoms with Gasteiger partial charge in [-0.25, -0.2) is 4.79 Å². The fraction of sp³-hybridized carbons (Fsp3) is 0.737. The van der Waals surface area contributed by atoms with E-state index >= 15 is 0 Å². The first-order chi connectivity index (χ1) is 11.8. The van der Waals surface area contributed by atoms with Crippen molar-refractivity contribution in [3.63, 3.8) is 0 Å². The highest BCUT2D eigenvalue weighted by atomic mass is 16.6. The van der Waals surface area contributed by atoms with Crippen LogP contribution in [0.4, 0.5) is 4.79 Å².